The van der Waals surface area contributed by atoms with Crippen molar-refractivity contribution in [3.8, 4) is 0 Å². The highest BCUT2D eigenvalue weighted by molar-refractivity contribution is 9.10. The van der Waals surface area contributed by atoms with Gasteiger partial charge in [-0.2, -0.15) is 0 Å². The highest BCUT2D eigenvalue weighted by Crippen LogP contribution is 2.15. The number of nitrogens with zero attached hydrogens (tertiary/aromatic N) is 2. The van der Waals surface area contributed by atoms with Crippen molar-refractivity contribution >= 4 is 21.7 Å². The van der Waals surface area contributed by atoms with Gasteiger partial charge in [0.1, 0.15) is 0 Å². The number of pyridine rings is 1. The Balaban J connectivity index is 2.31. The summed E-state index contributed by atoms with van der Waals surface area (Å²) in [5.74, 6) is -0.00279. The Morgan fingerprint density at radius 2 is 2.24 bits per heavy atom. The molecule has 0 aliphatic heterocycles. The molecule has 0 fully saturated rings. The van der Waals surface area contributed by atoms with Gasteiger partial charge < -0.3 is 10.2 Å². The second-order valence-electron chi connectivity index (χ2n) is 4.34. The molecule has 0 atom stereocenters. The molecule has 1 aromatic rings. The maximum absolute atomic E-state index is 13.4. The zero-order valence-corrected chi connectivity index (χ0v) is 12.1. The number of rotatable bonds is 6. The molecule has 0 saturated carbocycles. The fourth-order valence-electron chi connectivity index (χ4n) is 1.34. The predicted octanol–water partition coefficient (Wildman–Crippen LogP) is 3.13. The summed E-state index contributed by atoms with van der Waals surface area (Å²) in [5.41, 5.74) is 0. The topological polar surface area (TPSA) is 28.2 Å². The minimum atomic E-state index is -0.323. The van der Waals surface area contributed by atoms with Gasteiger partial charge in [0.2, 0.25) is 0 Å². The molecule has 3 nitrogen and oxygen atoms in total. The van der Waals surface area contributed by atoms with Gasteiger partial charge in [-0.15, -0.1) is 0 Å². The summed E-state index contributed by atoms with van der Waals surface area (Å²) < 4.78 is 14.1. The maximum atomic E-state index is 13.4. The summed E-state index contributed by atoms with van der Waals surface area (Å²) in [7, 11) is 2.09. The van der Waals surface area contributed by atoms with Crippen molar-refractivity contribution in [2.45, 2.75) is 26.3 Å². The van der Waals surface area contributed by atoms with Crippen LogP contribution in [0.15, 0.2) is 16.7 Å². The monoisotopic (exact) mass is 303 g/mol. The van der Waals surface area contributed by atoms with E-state index in [1.165, 1.54) is 6.07 Å². The lowest BCUT2D eigenvalue weighted by Gasteiger charge is -2.20. The highest BCUT2D eigenvalue weighted by atomic mass is 79.9. The summed E-state index contributed by atoms with van der Waals surface area (Å²) in [6, 6.07) is 1.95. The normalized spacial score (nSPS) is 11.2. The number of halogens is 2. The van der Waals surface area contributed by atoms with Crippen LogP contribution in [0.3, 0.4) is 0 Å². The van der Waals surface area contributed by atoms with Crippen molar-refractivity contribution in [1.29, 1.82) is 0 Å². The second-order valence-corrected chi connectivity index (χ2v) is 5.25. The van der Waals surface area contributed by atoms with Crippen LogP contribution in [0.4, 0.5) is 10.2 Å². The largest absolute Gasteiger partial charge is 0.368 e. The molecule has 0 spiro atoms. The van der Waals surface area contributed by atoms with Crippen molar-refractivity contribution in [2.75, 3.05) is 25.5 Å². The molecule has 1 rings (SSSR count). The van der Waals surface area contributed by atoms with E-state index in [0.717, 1.165) is 19.5 Å². The van der Waals surface area contributed by atoms with Crippen LogP contribution in [-0.4, -0.2) is 36.1 Å². The lowest BCUT2D eigenvalue weighted by Crippen LogP contribution is -2.28. The van der Waals surface area contributed by atoms with E-state index < -0.39 is 0 Å². The first-order chi connectivity index (χ1) is 8.00. The minimum Gasteiger partial charge on any atom is -0.368 e. The number of nitrogens with one attached hydrogen (secondary N) is 1. The smallest absolute Gasteiger partial charge is 0.166 e. The van der Waals surface area contributed by atoms with Gasteiger partial charge in [0.05, 0.1) is 0 Å². The highest BCUT2D eigenvalue weighted by Gasteiger charge is 2.05. The maximum Gasteiger partial charge on any atom is 0.166 e. The van der Waals surface area contributed by atoms with E-state index in [4.69, 9.17) is 0 Å². The first-order valence-electron chi connectivity index (χ1n) is 5.76. The van der Waals surface area contributed by atoms with E-state index >= 15 is 0 Å². The Morgan fingerprint density at radius 3 is 2.82 bits per heavy atom. The molecule has 96 valence electrons. The van der Waals surface area contributed by atoms with Crippen LogP contribution in [0.1, 0.15) is 20.3 Å². The zero-order chi connectivity index (χ0) is 12.8. The number of anilines is 1. The first kappa shape index (κ1) is 14.4. The zero-order valence-electron chi connectivity index (χ0n) is 10.5. The molecule has 0 aliphatic rings. The molecule has 1 heterocycles. The van der Waals surface area contributed by atoms with Gasteiger partial charge in [-0.05, 0) is 55.9 Å². The van der Waals surface area contributed by atoms with Crippen molar-refractivity contribution in [3.05, 3.63) is 22.6 Å². The van der Waals surface area contributed by atoms with Gasteiger partial charge in [-0.1, -0.05) is 0 Å². The van der Waals surface area contributed by atoms with Gasteiger partial charge in [-0.25, -0.2) is 9.37 Å². The number of hydrogen-bond acceptors (Lipinski definition) is 3. The minimum absolute atomic E-state index is 0.320. The summed E-state index contributed by atoms with van der Waals surface area (Å²) >= 11 is 3.18. The van der Waals surface area contributed by atoms with Crippen LogP contribution >= 0.6 is 15.9 Å². The Bertz CT molecular complexity index is 358. The molecule has 1 N–H and O–H groups in total. The van der Waals surface area contributed by atoms with Crippen LogP contribution in [-0.2, 0) is 0 Å². The Labute approximate surface area is 111 Å². The average Bonchev–Trinajstić information content (AvgIpc) is 2.26. The number of hydrogen-bond donors (Lipinski definition) is 1. The molecule has 0 saturated heterocycles. The van der Waals surface area contributed by atoms with Crippen LogP contribution < -0.4 is 5.32 Å². The third-order valence-corrected chi connectivity index (χ3v) is 3.10. The summed E-state index contributed by atoms with van der Waals surface area (Å²) in [6.45, 7) is 6.03. The Kier molecular flexibility index (Phi) is 5.85. The van der Waals surface area contributed by atoms with Crippen LogP contribution in [0.5, 0.6) is 0 Å². The molecule has 0 bridgehead atoms. The van der Waals surface area contributed by atoms with Crippen molar-refractivity contribution in [2.24, 2.45) is 0 Å². The Hall–Kier alpha value is -0.680. The molecular formula is C12H19BrFN3. The van der Waals surface area contributed by atoms with Gasteiger partial charge in [0.15, 0.2) is 11.6 Å². The molecule has 0 unspecified atom stereocenters. The number of aromatic nitrogens is 1. The van der Waals surface area contributed by atoms with Crippen molar-refractivity contribution in [3.63, 3.8) is 0 Å². The van der Waals surface area contributed by atoms with Crippen molar-refractivity contribution in [1.82, 2.24) is 9.88 Å². The standard InChI is InChI=1S/C12H19BrFN3/c1-9(2)17(3)6-4-5-15-12-11(14)7-10(13)8-16-12/h7-9H,4-6H2,1-3H3,(H,15,16). The Morgan fingerprint density at radius 1 is 1.53 bits per heavy atom. The van der Waals surface area contributed by atoms with Crippen molar-refractivity contribution < 1.29 is 4.39 Å². The second kappa shape index (κ2) is 6.91. The fraction of sp³-hybridized carbons (Fsp3) is 0.583. The van der Waals surface area contributed by atoms with E-state index in [1.807, 2.05) is 0 Å². The van der Waals surface area contributed by atoms with Crippen LogP contribution in [0.2, 0.25) is 0 Å². The van der Waals surface area contributed by atoms with Gasteiger partial charge >= 0.3 is 0 Å². The van der Waals surface area contributed by atoms with Gasteiger partial charge in [-0.3, -0.25) is 0 Å². The average molecular weight is 304 g/mol. The molecule has 0 radical (unpaired) electrons. The van der Waals surface area contributed by atoms with E-state index in [1.54, 1.807) is 6.20 Å². The van der Waals surface area contributed by atoms with Crippen LogP contribution in [0.25, 0.3) is 0 Å². The summed E-state index contributed by atoms with van der Waals surface area (Å²) in [5, 5.41) is 3.00. The molecule has 1 aromatic heterocycles. The molecule has 0 aromatic carbocycles. The van der Waals surface area contributed by atoms with E-state index in [2.05, 4.69) is 52.0 Å². The molecule has 0 amide bonds. The van der Waals surface area contributed by atoms with Gasteiger partial charge in [0, 0.05) is 23.3 Å². The van der Waals surface area contributed by atoms with Gasteiger partial charge in [0.25, 0.3) is 0 Å². The quantitative estimate of drug-likeness (QED) is 0.819. The lowest BCUT2D eigenvalue weighted by atomic mass is 10.3. The molecule has 17 heavy (non-hydrogen) atoms. The fourth-order valence-corrected chi connectivity index (χ4v) is 1.64. The van der Waals surface area contributed by atoms with E-state index in [9.17, 15) is 4.39 Å². The third kappa shape index (κ3) is 5.00. The molecular weight excluding hydrogens is 285 g/mol. The molecule has 0 aliphatic carbocycles. The van der Waals surface area contributed by atoms with Crippen LogP contribution in [0, 0.1) is 5.82 Å². The lowest BCUT2D eigenvalue weighted by molar-refractivity contribution is 0.273. The summed E-state index contributed by atoms with van der Waals surface area (Å²) in [6.07, 6.45) is 2.55. The first-order valence-corrected chi connectivity index (χ1v) is 6.55. The predicted molar refractivity (Wildman–Crippen MR) is 72.8 cm³/mol. The SMILES string of the molecule is CC(C)N(C)CCCNc1ncc(Br)cc1F. The molecule has 5 heteroatoms. The van der Waals surface area contributed by atoms with E-state index in [0.29, 0.717) is 16.3 Å². The van der Waals surface area contributed by atoms with E-state index in [-0.39, 0.29) is 5.82 Å². The summed E-state index contributed by atoms with van der Waals surface area (Å²) in [4.78, 5) is 6.24. The third-order valence-electron chi connectivity index (χ3n) is 2.67.